The number of carbonyl (C=O) groups excluding carboxylic acids is 1. The van der Waals surface area contributed by atoms with Gasteiger partial charge in [0.25, 0.3) is 5.91 Å². The van der Waals surface area contributed by atoms with Crippen molar-refractivity contribution in [2.45, 2.75) is 13.0 Å². The Labute approximate surface area is 80.8 Å². The third-order valence-electron chi connectivity index (χ3n) is 1.64. The summed E-state index contributed by atoms with van der Waals surface area (Å²) < 4.78 is 0. The molecule has 0 aromatic carbocycles. The van der Waals surface area contributed by atoms with Crippen molar-refractivity contribution in [3.8, 4) is 0 Å². The number of hydrogen-bond acceptors (Lipinski definition) is 3. The lowest BCUT2D eigenvalue weighted by molar-refractivity contribution is -0.138. The number of rotatable bonds is 3. The van der Waals surface area contributed by atoms with Gasteiger partial charge in [-0.15, -0.1) is 0 Å². The number of nitrogens with one attached hydrogen (secondary N) is 1. The summed E-state index contributed by atoms with van der Waals surface area (Å²) in [6.45, 7) is 1.40. The van der Waals surface area contributed by atoms with Gasteiger partial charge in [0, 0.05) is 12.4 Å². The van der Waals surface area contributed by atoms with Gasteiger partial charge < -0.3 is 10.4 Å². The molecule has 0 aliphatic carbocycles. The molecule has 0 fully saturated rings. The van der Waals surface area contributed by atoms with E-state index < -0.39 is 17.9 Å². The number of amides is 1. The molecule has 0 aliphatic heterocycles. The van der Waals surface area contributed by atoms with Crippen LogP contribution in [0.3, 0.4) is 0 Å². The molecule has 0 spiro atoms. The standard InChI is InChI=1S/C9H10N2O3/c1-6(9(13)14)11-8(12)7-3-2-4-10-5-7/h2-6H,1H3,(H,11,12)(H,13,14)/t6-/m0/s1. The zero-order valence-corrected chi connectivity index (χ0v) is 7.60. The number of hydrogen-bond donors (Lipinski definition) is 2. The van der Waals surface area contributed by atoms with Crippen molar-refractivity contribution in [1.82, 2.24) is 10.3 Å². The van der Waals surface area contributed by atoms with E-state index in [1.165, 1.54) is 19.3 Å². The number of carboxylic acid groups (broad SMARTS) is 1. The van der Waals surface area contributed by atoms with Crippen molar-refractivity contribution >= 4 is 11.9 Å². The van der Waals surface area contributed by atoms with Crippen molar-refractivity contribution in [3.05, 3.63) is 30.1 Å². The van der Waals surface area contributed by atoms with E-state index in [1.807, 2.05) is 0 Å². The molecule has 1 rings (SSSR count). The highest BCUT2D eigenvalue weighted by Gasteiger charge is 2.14. The molecule has 0 radical (unpaired) electrons. The van der Waals surface area contributed by atoms with Crippen LogP contribution in [-0.4, -0.2) is 28.0 Å². The second-order valence-corrected chi connectivity index (χ2v) is 2.78. The Kier molecular flexibility index (Phi) is 3.17. The summed E-state index contributed by atoms with van der Waals surface area (Å²) in [5.74, 6) is -1.50. The Balaban J connectivity index is 2.64. The lowest BCUT2D eigenvalue weighted by atomic mass is 10.2. The smallest absolute Gasteiger partial charge is 0.325 e. The third kappa shape index (κ3) is 2.55. The highest BCUT2D eigenvalue weighted by molar-refractivity contribution is 5.96. The summed E-state index contributed by atoms with van der Waals surface area (Å²) >= 11 is 0. The quantitative estimate of drug-likeness (QED) is 0.724. The average molecular weight is 194 g/mol. The predicted octanol–water partition coefficient (Wildman–Crippen LogP) is 0.284. The second kappa shape index (κ2) is 4.36. The van der Waals surface area contributed by atoms with Crippen LogP contribution in [0.5, 0.6) is 0 Å². The van der Waals surface area contributed by atoms with Crippen LogP contribution in [-0.2, 0) is 4.79 Å². The van der Waals surface area contributed by atoms with Crippen LogP contribution in [0.25, 0.3) is 0 Å². The number of aromatic nitrogens is 1. The second-order valence-electron chi connectivity index (χ2n) is 2.78. The van der Waals surface area contributed by atoms with E-state index >= 15 is 0 Å². The minimum absolute atomic E-state index is 0.348. The molecule has 1 aromatic rings. The van der Waals surface area contributed by atoms with Crippen molar-refractivity contribution < 1.29 is 14.7 Å². The van der Waals surface area contributed by atoms with Gasteiger partial charge in [-0.2, -0.15) is 0 Å². The molecule has 1 aromatic heterocycles. The molecule has 0 aliphatic rings. The normalized spacial score (nSPS) is 11.8. The fourth-order valence-corrected chi connectivity index (χ4v) is 0.839. The lowest BCUT2D eigenvalue weighted by Gasteiger charge is -2.08. The van der Waals surface area contributed by atoms with Crippen molar-refractivity contribution in [1.29, 1.82) is 0 Å². The maximum Gasteiger partial charge on any atom is 0.325 e. The first kappa shape index (κ1) is 10.2. The van der Waals surface area contributed by atoms with Crippen LogP contribution < -0.4 is 5.32 Å². The van der Waals surface area contributed by atoms with E-state index in [1.54, 1.807) is 12.1 Å². The zero-order valence-electron chi connectivity index (χ0n) is 7.60. The van der Waals surface area contributed by atoms with Gasteiger partial charge in [-0.3, -0.25) is 14.6 Å². The SMILES string of the molecule is C[C@H](NC(=O)c1cccnc1)C(=O)O. The van der Waals surface area contributed by atoms with Crippen LogP contribution in [0, 0.1) is 0 Å². The molecule has 5 heteroatoms. The Morgan fingerprint density at radius 3 is 2.79 bits per heavy atom. The maximum atomic E-state index is 11.3. The maximum absolute atomic E-state index is 11.3. The molecule has 0 unspecified atom stereocenters. The molecule has 1 amide bonds. The monoisotopic (exact) mass is 194 g/mol. The Hall–Kier alpha value is -1.91. The van der Waals surface area contributed by atoms with Crippen LogP contribution in [0.15, 0.2) is 24.5 Å². The molecular weight excluding hydrogens is 184 g/mol. The van der Waals surface area contributed by atoms with Gasteiger partial charge in [0.15, 0.2) is 0 Å². The minimum Gasteiger partial charge on any atom is -0.480 e. The molecule has 0 saturated carbocycles. The van der Waals surface area contributed by atoms with Crippen LogP contribution in [0.1, 0.15) is 17.3 Å². The first-order valence-corrected chi connectivity index (χ1v) is 4.05. The predicted molar refractivity (Wildman–Crippen MR) is 48.8 cm³/mol. The van der Waals surface area contributed by atoms with Gasteiger partial charge in [0.05, 0.1) is 5.56 Å². The highest BCUT2D eigenvalue weighted by Crippen LogP contribution is 1.96. The van der Waals surface area contributed by atoms with Gasteiger partial charge in [0.1, 0.15) is 6.04 Å². The summed E-state index contributed by atoms with van der Waals surface area (Å²) in [7, 11) is 0. The van der Waals surface area contributed by atoms with Crippen LogP contribution >= 0.6 is 0 Å². The molecule has 74 valence electrons. The molecule has 14 heavy (non-hydrogen) atoms. The van der Waals surface area contributed by atoms with Crippen LogP contribution in [0.2, 0.25) is 0 Å². The Bertz CT molecular complexity index is 337. The van der Waals surface area contributed by atoms with Gasteiger partial charge in [-0.05, 0) is 19.1 Å². The average Bonchev–Trinajstić information content (AvgIpc) is 2.19. The van der Waals surface area contributed by atoms with Crippen molar-refractivity contribution in [2.75, 3.05) is 0 Å². The van der Waals surface area contributed by atoms with E-state index in [2.05, 4.69) is 10.3 Å². The molecule has 0 bridgehead atoms. The fourth-order valence-electron chi connectivity index (χ4n) is 0.839. The number of carbonyl (C=O) groups is 2. The van der Waals surface area contributed by atoms with E-state index in [9.17, 15) is 9.59 Å². The summed E-state index contributed by atoms with van der Waals surface area (Å²) in [5.41, 5.74) is 0.348. The summed E-state index contributed by atoms with van der Waals surface area (Å²) in [4.78, 5) is 25.5. The first-order valence-electron chi connectivity index (χ1n) is 4.05. The molecule has 1 heterocycles. The number of pyridine rings is 1. The molecule has 2 N–H and O–H groups in total. The minimum atomic E-state index is -1.07. The number of aliphatic carboxylic acids is 1. The molecular formula is C9H10N2O3. The van der Waals surface area contributed by atoms with E-state index in [4.69, 9.17) is 5.11 Å². The van der Waals surface area contributed by atoms with Gasteiger partial charge in [-0.25, -0.2) is 0 Å². The van der Waals surface area contributed by atoms with E-state index in [0.717, 1.165) is 0 Å². The zero-order chi connectivity index (χ0) is 10.6. The van der Waals surface area contributed by atoms with Crippen LogP contribution in [0.4, 0.5) is 0 Å². The summed E-state index contributed by atoms with van der Waals surface area (Å²) in [6, 6.07) is 2.28. The highest BCUT2D eigenvalue weighted by atomic mass is 16.4. The third-order valence-corrected chi connectivity index (χ3v) is 1.64. The molecule has 0 saturated heterocycles. The lowest BCUT2D eigenvalue weighted by Crippen LogP contribution is -2.38. The number of nitrogens with zero attached hydrogens (tertiary/aromatic N) is 1. The van der Waals surface area contributed by atoms with Gasteiger partial charge in [0.2, 0.25) is 0 Å². The summed E-state index contributed by atoms with van der Waals surface area (Å²) in [5, 5.41) is 10.9. The summed E-state index contributed by atoms with van der Waals surface area (Å²) in [6.07, 6.45) is 2.92. The molecule has 5 nitrogen and oxygen atoms in total. The fraction of sp³-hybridized carbons (Fsp3) is 0.222. The van der Waals surface area contributed by atoms with Gasteiger partial charge in [-0.1, -0.05) is 0 Å². The molecule has 1 atom stereocenters. The van der Waals surface area contributed by atoms with Crippen molar-refractivity contribution in [3.63, 3.8) is 0 Å². The van der Waals surface area contributed by atoms with Crippen molar-refractivity contribution in [2.24, 2.45) is 0 Å². The Morgan fingerprint density at radius 2 is 2.29 bits per heavy atom. The van der Waals surface area contributed by atoms with Gasteiger partial charge >= 0.3 is 5.97 Å². The topological polar surface area (TPSA) is 79.3 Å². The largest absolute Gasteiger partial charge is 0.480 e. The van der Waals surface area contributed by atoms with E-state index in [0.29, 0.717) is 5.56 Å². The number of carboxylic acids is 1. The Morgan fingerprint density at radius 1 is 1.57 bits per heavy atom. The van der Waals surface area contributed by atoms with E-state index in [-0.39, 0.29) is 0 Å². The first-order chi connectivity index (χ1) is 6.61.